The highest BCUT2D eigenvalue weighted by Gasteiger charge is 2.41. The van der Waals surface area contributed by atoms with Gasteiger partial charge in [0, 0.05) is 6.04 Å². The van der Waals surface area contributed by atoms with E-state index in [1.165, 1.54) is 0 Å². The normalized spacial score (nSPS) is 16.5. The zero-order chi connectivity index (χ0) is 12.2. The Morgan fingerprint density at radius 1 is 1.40 bits per heavy atom. The second-order valence-corrected chi connectivity index (χ2v) is 3.98. The molecule has 3 nitrogen and oxygen atoms in total. The number of nitrogens with two attached hydrogens (primary N) is 1. The van der Waals surface area contributed by atoms with Crippen molar-refractivity contribution in [2.24, 2.45) is 17.6 Å². The van der Waals surface area contributed by atoms with E-state index in [2.05, 4.69) is 0 Å². The predicted molar refractivity (Wildman–Crippen MR) is 49.2 cm³/mol. The average molecular weight is 227 g/mol. The second kappa shape index (κ2) is 5.34. The summed E-state index contributed by atoms with van der Waals surface area (Å²) in [7, 11) is 0. The Morgan fingerprint density at radius 3 is 2.13 bits per heavy atom. The van der Waals surface area contributed by atoms with Crippen LogP contribution >= 0.6 is 0 Å². The number of rotatable bonds is 5. The number of aliphatic carboxylic acids is 1. The van der Waals surface area contributed by atoms with Gasteiger partial charge in [0.25, 0.3) is 0 Å². The minimum atomic E-state index is -4.50. The van der Waals surface area contributed by atoms with E-state index in [0.29, 0.717) is 0 Å². The molecule has 0 aliphatic heterocycles. The maximum Gasteiger partial charge on any atom is 0.392 e. The molecule has 0 bridgehead atoms. The van der Waals surface area contributed by atoms with Gasteiger partial charge in [-0.15, -0.1) is 0 Å². The lowest BCUT2D eigenvalue weighted by molar-refractivity contribution is -0.185. The first kappa shape index (κ1) is 14.2. The van der Waals surface area contributed by atoms with Crippen LogP contribution in [0.2, 0.25) is 0 Å². The maximum absolute atomic E-state index is 12.4. The van der Waals surface area contributed by atoms with Gasteiger partial charge in [-0.25, -0.2) is 0 Å². The number of halogens is 3. The van der Waals surface area contributed by atoms with Crippen LogP contribution in [0.25, 0.3) is 0 Å². The fraction of sp³-hybridized carbons (Fsp3) is 0.889. The Hall–Kier alpha value is -0.780. The van der Waals surface area contributed by atoms with Crippen LogP contribution in [-0.2, 0) is 4.79 Å². The minimum Gasteiger partial charge on any atom is -0.481 e. The summed E-state index contributed by atoms with van der Waals surface area (Å²) >= 11 is 0. The highest BCUT2D eigenvalue weighted by molar-refractivity contribution is 5.67. The lowest BCUT2D eigenvalue weighted by atomic mass is 9.91. The van der Waals surface area contributed by atoms with Crippen molar-refractivity contribution in [3.05, 3.63) is 0 Å². The van der Waals surface area contributed by atoms with Gasteiger partial charge in [-0.1, -0.05) is 13.8 Å². The summed E-state index contributed by atoms with van der Waals surface area (Å²) in [4.78, 5) is 10.3. The monoisotopic (exact) mass is 227 g/mol. The summed E-state index contributed by atoms with van der Waals surface area (Å²) in [6.07, 6.45) is -5.75. The van der Waals surface area contributed by atoms with Crippen LogP contribution in [0.1, 0.15) is 26.7 Å². The average Bonchev–Trinajstić information content (AvgIpc) is 2.00. The molecule has 2 atom stereocenters. The molecule has 0 unspecified atom stereocenters. The van der Waals surface area contributed by atoms with Crippen LogP contribution in [0, 0.1) is 11.8 Å². The molecule has 0 aromatic rings. The summed E-state index contributed by atoms with van der Waals surface area (Å²) in [6.45, 7) is 3.41. The van der Waals surface area contributed by atoms with E-state index >= 15 is 0 Å². The van der Waals surface area contributed by atoms with Crippen molar-refractivity contribution >= 4 is 5.97 Å². The largest absolute Gasteiger partial charge is 0.481 e. The van der Waals surface area contributed by atoms with Gasteiger partial charge in [-0.05, 0) is 12.3 Å². The third-order valence-corrected chi connectivity index (χ3v) is 2.30. The molecule has 0 fully saturated rings. The van der Waals surface area contributed by atoms with E-state index in [-0.39, 0.29) is 12.3 Å². The van der Waals surface area contributed by atoms with Crippen molar-refractivity contribution < 1.29 is 23.1 Å². The molecule has 0 heterocycles. The molecule has 0 radical (unpaired) electrons. The first-order chi connectivity index (χ1) is 6.64. The van der Waals surface area contributed by atoms with Crippen molar-refractivity contribution in [2.75, 3.05) is 0 Å². The van der Waals surface area contributed by atoms with Crippen LogP contribution in [0.3, 0.4) is 0 Å². The Balaban J connectivity index is 4.45. The number of carbonyl (C=O) groups is 1. The van der Waals surface area contributed by atoms with Gasteiger partial charge in [-0.2, -0.15) is 13.2 Å². The topological polar surface area (TPSA) is 63.3 Å². The van der Waals surface area contributed by atoms with Crippen molar-refractivity contribution in [3.63, 3.8) is 0 Å². The standard InChI is InChI=1S/C9H16F3NO2/c1-5(2)7(13)3-6(4-8(14)15)9(10,11)12/h5-7H,3-4,13H2,1-2H3,(H,14,15)/t6-,7-/m1/s1. The van der Waals surface area contributed by atoms with Crippen LogP contribution in [0.4, 0.5) is 13.2 Å². The van der Waals surface area contributed by atoms with E-state index in [9.17, 15) is 18.0 Å². The van der Waals surface area contributed by atoms with E-state index in [4.69, 9.17) is 10.8 Å². The van der Waals surface area contributed by atoms with Crippen molar-refractivity contribution in [1.82, 2.24) is 0 Å². The zero-order valence-corrected chi connectivity index (χ0v) is 8.71. The SMILES string of the molecule is CC(C)[C@H](N)C[C@H](CC(=O)O)C(F)(F)F. The number of carboxylic acids is 1. The molecule has 0 aliphatic carbocycles. The van der Waals surface area contributed by atoms with E-state index in [1.54, 1.807) is 13.8 Å². The van der Waals surface area contributed by atoms with Gasteiger partial charge in [0.1, 0.15) is 0 Å². The van der Waals surface area contributed by atoms with Gasteiger partial charge in [-0.3, -0.25) is 4.79 Å². The Kier molecular flexibility index (Phi) is 5.07. The third-order valence-electron chi connectivity index (χ3n) is 2.30. The molecule has 0 aliphatic rings. The zero-order valence-electron chi connectivity index (χ0n) is 8.71. The molecule has 0 spiro atoms. The third kappa shape index (κ3) is 5.61. The molecular formula is C9H16F3NO2. The Morgan fingerprint density at radius 2 is 1.87 bits per heavy atom. The van der Waals surface area contributed by atoms with Gasteiger partial charge in [0.2, 0.25) is 0 Å². The quantitative estimate of drug-likeness (QED) is 0.755. The second-order valence-electron chi connectivity index (χ2n) is 3.98. The first-order valence-corrected chi connectivity index (χ1v) is 4.68. The lowest BCUT2D eigenvalue weighted by Gasteiger charge is -2.24. The first-order valence-electron chi connectivity index (χ1n) is 4.68. The number of hydrogen-bond acceptors (Lipinski definition) is 2. The van der Waals surface area contributed by atoms with Crippen LogP contribution in [0.15, 0.2) is 0 Å². The smallest absolute Gasteiger partial charge is 0.392 e. The number of hydrogen-bond donors (Lipinski definition) is 2. The summed E-state index contributed by atoms with van der Waals surface area (Å²) in [5, 5.41) is 8.36. The molecule has 0 aromatic carbocycles. The molecular weight excluding hydrogens is 211 g/mol. The fourth-order valence-corrected chi connectivity index (χ4v) is 1.14. The summed E-state index contributed by atoms with van der Waals surface area (Å²) < 4.78 is 37.2. The Labute approximate surface area is 86.5 Å². The lowest BCUT2D eigenvalue weighted by Crippen LogP contribution is -2.35. The van der Waals surface area contributed by atoms with E-state index < -0.39 is 30.5 Å². The van der Waals surface area contributed by atoms with Crippen molar-refractivity contribution in [2.45, 2.75) is 38.9 Å². The van der Waals surface area contributed by atoms with Crippen molar-refractivity contribution in [3.8, 4) is 0 Å². The molecule has 0 amide bonds. The van der Waals surface area contributed by atoms with E-state index in [0.717, 1.165) is 0 Å². The maximum atomic E-state index is 12.4. The fourth-order valence-electron chi connectivity index (χ4n) is 1.14. The highest BCUT2D eigenvalue weighted by atomic mass is 19.4. The highest BCUT2D eigenvalue weighted by Crippen LogP contribution is 2.33. The van der Waals surface area contributed by atoms with Gasteiger partial charge < -0.3 is 10.8 Å². The molecule has 3 N–H and O–H groups in total. The van der Waals surface area contributed by atoms with Gasteiger partial charge in [0.05, 0.1) is 12.3 Å². The van der Waals surface area contributed by atoms with Crippen LogP contribution in [-0.4, -0.2) is 23.3 Å². The molecule has 90 valence electrons. The summed E-state index contributed by atoms with van der Waals surface area (Å²) in [5.74, 6) is -3.40. The van der Waals surface area contributed by atoms with Gasteiger partial charge in [0.15, 0.2) is 0 Å². The van der Waals surface area contributed by atoms with Gasteiger partial charge >= 0.3 is 12.1 Å². The minimum absolute atomic E-state index is 0.0938. The molecule has 6 heteroatoms. The molecule has 0 saturated carbocycles. The van der Waals surface area contributed by atoms with Crippen LogP contribution < -0.4 is 5.73 Å². The molecule has 0 aromatic heterocycles. The van der Waals surface area contributed by atoms with Crippen molar-refractivity contribution in [1.29, 1.82) is 0 Å². The molecule has 15 heavy (non-hydrogen) atoms. The Bertz CT molecular complexity index is 216. The molecule has 0 saturated heterocycles. The number of alkyl halides is 3. The summed E-state index contributed by atoms with van der Waals surface area (Å²) in [6, 6.07) is -0.629. The summed E-state index contributed by atoms with van der Waals surface area (Å²) in [5.41, 5.74) is 5.50. The molecule has 0 rings (SSSR count). The van der Waals surface area contributed by atoms with E-state index in [1.807, 2.05) is 0 Å². The van der Waals surface area contributed by atoms with Crippen LogP contribution in [0.5, 0.6) is 0 Å². The predicted octanol–water partition coefficient (Wildman–Crippen LogP) is 2.01. The number of carboxylic acid groups (broad SMARTS) is 1.